The van der Waals surface area contributed by atoms with E-state index < -0.39 is 24.0 Å². The third-order valence-electron chi connectivity index (χ3n) is 4.27. The molecule has 0 saturated heterocycles. The maximum Gasteiger partial charge on any atom is 0.339 e. The molecule has 0 aliphatic rings. The third-order valence-corrected chi connectivity index (χ3v) is 4.27. The summed E-state index contributed by atoms with van der Waals surface area (Å²) in [5.74, 6) is -0.688. The molecule has 0 unspecified atom stereocenters. The summed E-state index contributed by atoms with van der Waals surface area (Å²) < 4.78 is 10.7. The molecule has 0 heterocycles. The first-order valence-electron chi connectivity index (χ1n) is 9.33. The molecule has 0 aliphatic carbocycles. The van der Waals surface area contributed by atoms with Gasteiger partial charge >= 0.3 is 12.0 Å². The fraction of sp³-hybridized carbons (Fsp3) is 0.0870. The Kier molecular flexibility index (Phi) is 6.85. The molecule has 4 N–H and O–H groups in total. The van der Waals surface area contributed by atoms with E-state index in [0.29, 0.717) is 22.7 Å². The number of amides is 3. The molecule has 31 heavy (non-hydrogen) atoms. The lowest BCUT2D eigenvalue weighted by atomic mass is 10.1. The van der Waals surface area contributed by atoms with Crippen molar-refractivity contribution in [3.63, 3.8) is 0 Å². The van der Waals surface area contributed by atoms with Crippen molar-refractivity contribution in [2.75, 3.05) is 17.7 Å². The van der Waals surface area contributed by atoms with Crippen molar-refractivity contribution in [2.45, 2.75) is 6.10 Å². The standard InChI is InChI=1S/C23H21N3O5/c1-30-19-12-6-11-18(14-19)25-21(27)20(15-7-3-2-4-8-15)31-22(28)16-9-5-10-17(13-16)26-23(24)29/h2-14,20H,1H3,(H,25,27)(H3,24,26,29)/t20-/m1/s1. The molecule has 0 fully saturated rings. The van der Waals surface area contributed by atoms with E-state index in [2.05, 4.69) is 10.6 Å². The van der Waals surface area contributed by atoms with E-state index in [1.165, 1.54) is 19.2 Å². The zero-order valence-corrected chi connectivity index (χ0v) is 16.7. The number of nitrogens with two attached hydrogens (primary N) is 1. The molecule has 8 nitrogen and oxygen atoms in total. The van der Waals surface area contributed by atoms with Crippen molar-refractivity contribution in [3.8, 4) is 5.75 Å². The Bertz CT molecular complexity index is 1090. The van der Waals surface area contributed by atoms with Gasteiger partial charge in [0.25, 0.3) is 5.91 Å². The van der Waals surface area contributed by atoms with Crippen molar-refractivity contribution < 1.29 is 23.9 Å². The SMILES string of the molecule is COc1cccc(NC(=O)[C@H](OC(=O)c2cccc(NC(N)=O)c2)c2ccccc2)c1. The van der Waals surface area contributed by atoms with Gasteiger partial charge < -0.3 is 25.8 Å². The van der Waals surface area contributed by atoms with Crippen LogP contribution in [0.3, 0.4) is 0 Å². The number of carbonyl (C=O) groups is 3. The van der Waals surface area contributed by atoms with Gasteiger partial charge in [0.15, 0.2) is 0 Å². The molecule has 0 radical (unpaired) electrons. The summed E-state index contributed by atoms with van der Waals surface area (Å²) in [5, 5.41) is 5.13. The highest BCUT2D eigenvalue weighted by molar-refractivity contribution is 5.99. The molecule has 3 amide bonds. The number of hydrogen-bond donors (Lipinski definition) is 3. The van der Waals surface area contributed by atoms with Gasteiger partial charge in [0.1, 0.15) is 5.75 Å². The van der Waals surface area contributed by atoms with Gasteiger partial charge in [-0.2, -0.15) is 0 Å². The number of methoxy groups -OCH3 is 1. The van der Waals surface area contributed by atoms with Crippen LogP contribution in [-0.4, -0.2) is 25.0 Å². The molecule has 1 atom stereocenters. The second kappa shape index (κ2) is 9.93. The smallest absolute Gasteiger partial charge is 0.339 e. The van der Waals surface area contributed by atoms with Gasteiger partial charge in [-0.1, -0.05) is 42.5 Å². The number of ether oxygens (including phenoxy) is 2. The summed E-state index contributed by atoms with van der Waals surface area (Å²) in [6, 6.07) is 20.8. The van der Waals surface area contributed by atoms with Crippen LogP contribution in [-0.2, 0) is 9.53 Å². The average Bonchev–Trinajstić information content (AvgIpc) is 2.77. The number of primary amides is 1. The minimum Gasteiger partial charge on any atom is -0.497 e. The van der Waals surface area contributed by atoms with E-state index >= 15 is 0 Å². The summed E-state index contributed by atoms with van der Waals surface area (Å²) >= 11 is 0. The van der Waals surface area contributed by atoms with E-state index in [-0.39, 0.29) is 5.56 Å². The number of urea groups is 1. The Hall–Kier alpha value is -4.33. The zero-order chi connectivity index (χ0) is 22.2. The number of benzene rings is 3. The molecule has 0 aliphatic heterocycles. The number of anilines is 2. The molecule has 0 bridgehead atoms. The normalized spacial score (nSPS) is 11.1. The van der Waals surface area contributed by atoms with Crippen LogP contribution >= 0.6 is 0 Å². The summed E-state index contributed by atoms with van der Waals surface area (Å²) in [5.41, 5.74) is 6.60. The van der Waals surface area contributed by atoms with Gasteiger partial charge in [0.2, 0.25) is 6.10 Å². The van der Waals surface area contributed by atoms with Crippen LogP contribution in [0, 0.1) is 0 Å². The van der Waals surface area contributed by atoms with E-state index in [1.54, 1.807) is 66.7 Å². The van der Waals surface area contributed by atoms with Crippen LogP contribution in [0.5, 0.6) is 5.75 Å². The molecular formula is C23H21N3O5. The quantitative estimate of drug-likeness (QED) is 0.504. The topological polar surface area (TPSA) is 120 Å². The number of nitrogens with one attached hydrogen (secondary N) is 2. The average molecular weight is 419 g/mol. The van der Waals surface area contributed by atoms with Gasteiger partial charge in [-0.25, -0.2) is 9.59 Å². The fourth-order valence-electron chi connectivity index (χ4n) is 2.85. The largest absolute Gasteiger partial charge is 0.497 e. The van der Waals surface area contributed by atoms with Crippen molar-refractivity contribution in [1.82, 2.24) is 0 Å². The maximum absolute atomic E-state index is 13.0. The lowest BCUT2D eigenvalue weighted by molar-refractivity contribution is -0.125. The highest BCUT2D eigenvalue weighted by atomic mass is 16.5. The Morgan fingerprint density at radius 2 is 1.52 bits per heavy atom. The predicted molar refractivity (Wildman–Crippen MR) is 116 cm³/mol. The predicted octanol–water partition coefficient (Wildman–Crippen LogP) is 3.72. The van der Waals surface area contributed by atoms with Gasteiger partial charge in [0.05, 0.1) is 12.7 Å². The molecule has 3 aromatic carbocycles. The second-order valence-electron chi connectivity index (χ2n) is 6.49. The van der Waals surface area contributed by atoms with Crippen LogP contribution in [0.25, 0.3) is 0 Å². The molecule has 158 valence electrons. The number of carbonyl (C=O) groups excluding carboxylic acids is 3. The number of esters is 1. The second-order valence-corrected chi connectivity index (χ2v) is 6.49. The van der Waals surface area contributed by atoms with Crippen molar-refractivity contribution in [1.29, 1.82) is 0 Å². The molecular weight excluding hydrogens is 398 g/mol. The van der Waals surface area contributed by atoms with Gasteiger partial charge in [-0.05, 0) is 30.3 Å². The van der Waals surface area contributed by atoms with E-state index in [1.807, 2.05) is 0 Å². The van der Waals surface area contributed by atoms with E-state index in [9.17, 15) is 14.4 Å². The third kappa shape index (κ3) is 5.83. The Morgan fingerprint density at radius 3 is 2.19 bits per heavy atom. The minimum absolute atomic E-state index is 0.154. The van der Waals surface area contributed by atoms with E-state index in [4.69, 9.17) is 15.2 Å². The summed E-state index contributed by atoms with van der Waals surface area (Å²) in [4.78, 5) is 36.8. The Labute approximate surface area is 179 Å². The first kappa shape index (κ1) is 21.4. The first-order valence-corrected chi connectivity index (χ1v) is 9.33. The summed E-state index contributed by atoms with van der Waals surface area (Å²) in [6.45, 7) is 0. The number of rotatable bonds is 7. The monoisotopic (exact) mass is 419 g/mol. The van der Waals surface area contributed by atoms with E-state index in [0.717, 1.165) is 0 Å². The van der Waals surface area contributed by atoms with Crippen LogP contribution in [0.4, 0.5) is 16.2 Å². The molecule has 8 heteroatoms. The van der Waals surface area contributed by atoms with Crippen LogP contribution < -0.4 is 21.1 Å². The van der Waals surface area contributed by atoms with Gasteiger partial charge in [0, 0.05) is 23.0 Å². The van der Waals surface area contributed by atoms with Crippen molar-refractivity contribution in [3.05, 3.63) is 90.0 Å². The molecule has 0 saturated carbocycles. The lowest BCUT2D eigenvalue weighted by Gasteiger charge is -2.18. The summed E-state index contributed by atoms with van der Waals surface area (Å²) in [7, 11) is 1.52. The maximum atomic E-state index is 13.0. The molecule has 0 spiro atoms. The minimum atomic E-state index is -1.20. The van der Waals surface area contributed by atoms with Gasteiger partial charge in [-0.15, -0.1) is 0 Å². The molecule has 3 rings (SSSR count). The highest BCUT2D eigenvalue weighted by Gasteiger charge is 2.26. The van der Waals surface area contributed by atoms with Crippen molar-refractivity contribution in [2.24, 2.45) is 5.73 Å². The van der Waals surface area contributed by atoms with Crippen LogP contribution in [0.15, 0.2) is 78.9 Å². The molecule has 3 aromatic rings. The van der Waals surface area contributed by atoms with Crippen LogP contribution in [0.1, 0.15) is 22.0 Å². The first-order chi connectivity index (χ1) is 15.0. The summed E-state index contributed by atoms with van der Waals surface area (Å²) in [6.07, 6.45) is -1.20. The van der Waals surface area contributed by atoms with Crippen LogP contribution in [0.2, 0.25) is 0 Å². The van der Waals surface area contributed by atoms with Gasteiger partial charge in [-0.3, -0.25) is 4.79 Å². The Balaban J connectivity index is 1.83. The molecule has 0 aromatic heterocycles. The van der Waals surface area contributed by atoms with Crippen molar-refractivity contribution >= 4 is 29.3 Å². The highest BCUT2D eigenvalue weighted by Crippen LogP contribution is 2.24. The fourth-order valence-corrected chi connectivity index (χ4v) is 2.85. The number of hydrogen-bond acceptors (Lipinski definition) is 5. The lowest BCUT2D eigenvalue weighted by Crippen LogP contribution is -2.26. The Morgan fingerprint density at radius 1 is 0.839 bits per heavy atom. The zero-order valence-electron chi connectivity index (χ0n) is 16.7.